The SMILES string of the molecule is CCCCOC(=O)OCC[O]. The Morgan fingerprint density at radius 3 is 2.45 bits per heavy atom. The summed E-state index contributed by atoms with van der Waals surface area (Å²) >= 11 is 0. The van der Waals surface area contributed by atoms with Crippen molar-refractivity contribution in [3.8, 4) is 0 Å². The van der Waals surface area contributed by atoms with Crippen molar-refractivity contribution < 1.29 is 19.4 Å². The van der Waals surface area contributed by atoms with E-state index in [4.69, 9.17) is 0 Å². The Labute approximate surface area is 66.1 Å². The van der Waals surface area contributed by atoms with Crippen molar-refractivity contribution in [2.45, 2.75) is 19.8 Å². The number of ether oxygens (including phenoxy) is 2. The summed E-state index contributed by atoms with van der Waals surface area (Å²) in [6, 6.07) is 0. The Balaban J connectivity index is 3.09. The minimum absolute atomic E-state index is 0.106. The Hall–Kier alpha value is -0.770. The molecule has 0 rings (SSSR count). The maximum atomic E-state index is 10.5. The molecule has 4 heteroatoms. The molecule has 0 aromatic carbocycles. The van der Waals surface area contributed by atoms with Gasteiger partial charge in [-0.2, -0.15) is 0 Å². The second-order valence-electron chi connectivity index (χ2n) is 2.00. The molecule has 0 aliphatic carbocycles. The van der Waals surface area contributed by atoms with Crippen LogP contribution in [0.3, 0.4) is 0 Å². The van der Waals surface area contributed by atoms with Gasteiger partial charge in [-0.1, -0.05) is 13.3 Å². The molecule has 0 heterocycles. The first-order chi connectivity index (χ1) is 5.31. The van der Waals surface area contributed by atoms with Gasteiger partial charge in [0.2, 0.25) is 0 Å². The van der Waals surface area contributed by atoms with Gasteiger partial charge in [0.05, 0.1) is 6.61 Å². The van der Waals surface area contributed by atoms with Crippen LogP contribution in [0, 0.1) is 0 Å². The lowest BCUT2D eigenvalue weighted by atomic mass is 10.4. The molecular formula is C7H13O4. The highest BCUT2D eigenvalue weighted by Gasteiger charge is 2.00. The van der Waals surface area contributed by atoms with Gasteiger partial charge in [-0.25, -0.2) is 9.90 Å². The zero-order valence-corrected chi connectivity index (χ0v) is 6.67. The molecule has 0 N–H and O–H groups in total. The molecule has 0 saturated carbocycles. The summed E-state index contributed by atoms with van der Waals surface area (Å²) in [5, 5.41) is 9.83. The van der Waals surface area contributed by atoms with E-state index in [9.17, 15) is 9.90 Å². The summed E-state index contributed by atoms with van der Waals surface area (Å²) < 4.78 is 8.95. The molecule has 0 atom stereocenters. The monoisotopic (exact) mass is 161 g/mol. The topological polar surface area (TPSA) is 55.4 Å². The minimum atomic E-state index is -0.741. The van der Waals surface area contributed by atoms with E-state index in [1.165, 1.54) is 0 Å². The maximum Gasteiger partial charge on any atom is 0.508 e. The van der Waals surface area contributed by atoms with E-state index in [0.717, 1.165) is 12.8 Å². The fourth-order valence-electron chi connectivity index (χ4n) is 0.467. The third-order valence-corrected chi connectivity index (χ3v) is 1.02. The van der Waals surface area contributed by atoms with Crippen LogP contribution in [-0.2, 0) is 14.6 Å². The molecule has 0 aliphatic rings. The lowest BCUT2D eigenvalue weighted by molar-refractivity contribution is 0.0327. The van der Waals surface area contributed by atoms with E-state index in [0.29, 0.717) is 6.61 Å². The van der Waals surface area contributed by atoms with Crippen molar-refractivity contribution in [3.63, 3.8) is 0 Å². The summed E-state index contributed by atoms with van der Waals surface area (Å²) in [5.41, 5.74) is 0. The summed E-state index contributed by atoms with van der Waals surface area (Å²) in [5.74, 6) is 0. The molecule has 0 aromatic rings. The lowest BCUT2D eigenvalue weighted by Crippen LogP contribution is -2.10. The quantitative estimate of drug-likeness (QED) is 0.452. The molecule has 0 unspecified atom stereocenters. The zero-order chi connectivity index (χ0) is 8.53. The average molecular weight is 161 g/mol. The van der Waals surface area contributed by atoms with Crippen molar-refractivity contribution in [2.24, 2.45) is 0 Å². The van der Waals surface area contributed by atoms with Gasteiger partial charge in [-0.15, -0.1) is 0 Å². The molecule has 0 amide bonds. The van der Waals surface area contributed by atoms with Crippen molar-refractivity contribution in [1.82, 2.24) is 0 Å². The molecule has 0 bridgehead atoms. The molecule has 0 aromatic heterocycles. The van der Waals surface area contributed by atoms with Gasteiger partial charge in [-0.3, -0.25) is 0 Å². The molecule has 11 heavy (non-hydrogen) atoms. The Kier molecular flexibility index (Phi) is 6.82. The Morgan fingerprint density at radius 1 is 1.27 bits per heavy atom. The van der Waals surface area contributed by atoms with E-state index in [1.807, 2.05) is 6.92 Å². The number of hydrogen-bond acceptors (Lipinski definition) is 3. The van der Waals surface area contributed by atoms with E-state index in [2.05, 4.69) is 9.47 Å². The van der Waals surface area contributed by atoms with Crippen LogP contribution in [0.4, 0.5) is 4.79 Å². The minimum Gasteiger partial charge on any atom is -0.434 e. The highest BCUT2D eigenvalue weighted by atomic mass is 16.7. The second-order valence-corrected chi connectivity index (χ2v) is 2.00. The van der Waals surface area contributed by atoms with Crippen LogP contribution in [0.5, 0.6) is 0 Å². The molecule has 0 fully saturated rings. The molecular weight excluding hydrogens is 148 g/mol. The van der Waals surface area contributed by atoms with Crippen LogP contribution in [0.1, 0.15) is 19.8 Å². The number of carbonyl (C=O) groups is 1. The summed E-state index contributed by atoms with van der Waals surface area (Å²) in [6.07, 6.45) is 1.05. The van der Waals surface area contributed by atoms with Gasteiger partial charge in [0.1, 0.15) is 13.2 Å². The van der Waals surface area contributed by atoms with E-state index < -0.39 is 12.8 Å². The smallest absolute Gasteiger partial charge is 0.434 e. The highest BCUT2D eigenvalue weighted by molar-refractivity contribution is 5.59. The van der Waals surface area contributed by atoms with Crippen LogP contribution in [-0.4, -0.2) is 26.0 Å². The average Bonchev–Trinajstić information content (AvgIpc) is 2.01. The molecule has 0 saturated heterocycles. The van der Waals surface area contributed by atoms with Crippen molar-refractivity contribution in [3.05, 3.63) is 0 Å². The molecule has 1 radical (unpaired) electrons. The van der Waals surface area contributed by atoms with Gasteiger partial charge in [0.15, 0.2) is 0 Å². The highest BCUT2D eigenvalue weighted by Crippen LogP contribution is 1.90. The van der Waals surface area contributed by atoms with Crippen LogP contribution in [0.15, 0.2) is 0 Å². The first-order valence-electron chi connectivity index (χ1n) is 3.69. The first-order valence-corrected chi connectivity index (χ1v) is 3.69. The van der Waals surface area contributed by atoms with Gasteiger partial charge in [0, 0.05) is 0 Å². The van der Waals surface area contributed by atoms with Crippen LogP contribution >= 0.6 is 0 Å². The molecule has 0 aliphatic heterocycles. The standard InChI is InChI=1S/C7H13O4/c1-2-3-5-10-7(9)11-6-4-8/h2-6H2,1H3. The first kappa shape index (κ1) is 10.2. The normalized spacial score (nSPS) is 9.27. The van der Waals surface area contributed by atoms with Gasteiger partial charge < -0.3 is 9.47 Å². The van der Waals surface area contributed by atoms with E-state index in [-0.39, 0.29) is 6.61 Å². The number of rotatable bonds is 5. The fourth-order valence-corrected chi connectivity index (χ4v) is 0.467. The Bertz CT molecular complexity index is 103. The molecule has 65 valence electrons. The van der Waals surface area contributed by atoms with Crippen molar-refractivity contribution in [1.29, 1.82) is 0 Å². The lowest BCUT2D eigenvalue weighted by Gasteiger charge is -2.02. The van der Waals surface area contributed by atoms with E-state index in [1.54, 1.807) is 0 Å². The van der Waals surface area contributed by atoms with Gasteiger partial charge in [-0.05, 0) is 6.42 Å². The van der Waals surface area contributed by atoms with Crippen LogP contribution < -0.4 is 0 Å². The summed E-state index contributed by atoms with van der Waals surface area (Å²) in [6.45, 7) is 1.84. The van der Waals surface area contributed by atoms with Gasteiger partial charge in [0.25, 0.3) is 0 Å². The van der Waals surface area contributed by atoms with Gasteiger partial charge >= 0.3 is 6.16 Å². The number of unbranched alkanes of at least 4 members (excludes halogenated alkanes) is 1. The zero-order valence-electron chi connectivity index (χ0n) is 6.67. The number of carbonyl (C=O) groups excluding carboxylic acids is 1. The fraction of sp³-hybridized carbons (Fsp3) is 0.857. The molecule has 4 nitrogen and oxygen atoms in total. The van der Waals surface area contributed by atoms with E-state index >= 15 is 0 Å². The Morgan fingerprint density at radius 2 is 1.91 bits per heavy atom. The predicted octanol–water partition coefficient (Wildman–Crippen LogP) is 1.37. The predicted molar refractivity (Wildman–Crippen MR) is 37.8 cm³/mol. The summed E-state index contributed by atoms with van der Waals surface area (Å²) in [4.78, 5) is 10.5. The number of hydrogen-bond donors (Lipinski definition) is 0. The largest absolute Gasteiger partial charge is 0.508 e. The van der Waals surface area contributed by atoms with Crippen molar-refractivity contribution >= 4 is 6.16 Å². The maximum absolute atomic E-state index is 10.5. The molecule has 0 spiro atoms. The van der Waals surface area contributed by atoms with Crippen LogP contribution in [0.2, 0.25) is 0 Å². The van der Waals surface area contributed by atoms with Crippen molar-refractivity contribution in [2.75, 3.05) is 19.8 Å². The van der Waals surface area contributed by atoms with Crippen LogP contribution in [0.25, 0.3) is 0 Å². The third-order valence-electron chi connectivity index (χ3n) is 1.02. The second kappa shape index (κ2) is 7.34. The third kappa shape index (κ3) is 7.12. The summed E-state index contributed by atoms with van der Waals surface area (Å²) in [7, 11) is 0.